The summed E-state index contributed by atoms with van der Waals surface area (Å²) >= 11 is 1.73. The number of hydrogen-bond donors (Lipinski definition) is 0. The van der Waals surface area contributed by atoms with Crippen molar-refractivity contribution in [2.24, 2.45) is 0 Å². The van der Waals surface area contributed by atoms with E-state index in [9.17, 15) is 4.79 Å². The molecule has 3 rings (SSSR count). The van der Waals surface area contributed by atoms with Crippen LogP contribution in [-0.2, 0) is 13.0 Å². The molecule has 3 aromatic rings. The van der Waals surface area contributed by atoms with Gasteiger partial charge >= 0.3 is 0 Å². The van der Waals surface area contributed by atoms with E-state index in [1.807, 2.05) is 59.6 Å². The molecule has 1 amide bonds. The second-order valence-corrected chi connectivity index (χ2v) is 6.32. The lowest BCUT2D eigenvalue weighted by Gasteiger charge is -2.22. The van der Waals surface area contributed by atoms with Gasteiger partial charge in [0.15, 0.2) is 0 Å². The van der Waals surface area contributed by atoms with Gasteiger partial charge in [0.1, 0.15) is 0 Å². The molecule has 0 radical (unpaired) electrons. The van der Waals surface area contributed by atoms with Gasteiger partial charge in [-0.25, -0.2) is 0 Å². The van der Waals surface area contributed by atoms with Crippen molar-refractivity contribution in [3.05, 3.63) is 88.4 Å². The fraction of sp³-hybridized carbons (Fsp3) is 0.158. The molecule has 3 nitrogen and oxygen atoms in total. The Balaban J connectivity index is 1.76. The minimum absolute atomic E-state index is 0.0611. The van der Waals surface area contributed by atoms with E-state index in [-0.39, 0.29) is 5.91 Å². The number of benzene rings is 1. The Labute approximate surface area is 140 Å². The monoisotopic (exact) mass is 322 g/mol. The van der Waals surface area contributed by atoms with E-state index in [0.717, 1.165) is 17.5 Å². The van der Waals surface area contributed by atoms with Crippen LogP contribution in [-0.4, -0.2) is 22.3 Å². The summed E-state index contributed by atoms with van der Waals surface area (Å²) in [5.74, 6) is 0.0611. The van der Waals surface area contributed by atoms with Crippen LogP contribution in [0.1, 0.15) is 20.8 Å². The molecule has 2 aromatic heterocycles. The van der Waals surface area contributed by atoms with Crippen molar-refractivity contribution in [3.63, 3.8) is 0 Å². The normalized spacial score (nSPS) is 10.4. The number of aromatic nitrogens is 1. The summed E-state index contributed by atoms with van der Waals surface area (Å²) in [6, 6.07) is 17.5. The van der Waals surface area contributed by atoms with E-state index in [2.05, 4.69) is 16.4 Å². The highest BCUT2D eigenvalue weighted by atomic mass is 32.1. The third-order valence-corrected chi connectivity index (χ3v) is 4.55. The van der Waals surface area contributed by atoms with Gasteiger partial charge in [-0.1, -0.05) is 30.3 Å². The molecule has 0 atom stereocenters. The van der Waals surface area contributed by atoms with Crippen LogP contribution >= 0.6 is 11.3 Å². The first-order valence-corrected chi connectivity index (χ1v) is 8.46. The SMILES string of the molecule is O=C(c1ccccc1)N(CCc1cccs1)Cc1cccnc1. The molecule has 0 aliphatic heterocycles. The molecule has 0 fully saturated rings. The Morgan fingerprint density at radius 1 is 1.04 bits per heavy atom. The van der Waals surface area contributed by atoms with Crippen LogP contribution in [0.5, 0.6) is 0 Å². The molecule has 0 spiro atoms. The third kappa shape index (κ3) is 4.27. The Hall–Kier alpha value is -2.46. The Morgan fingerprint density at radius 3 is 2.61 bits per heavy atom. The molecule has 1 aromatic carbocycles. The van der Waals surface area contributed by atoms with E-state index in [0.29, 0.717) is 13.1 Å². The van der Waals surface area contributed by atoms with Crippen LogP contribution in [0.4, 0.5) is 0 Å². The maximum Gasteiger partial charge on any atom is 0.254 e. The molecule has 0 N–H and O–H groups in total. The van der Waals surface area contributed by atoms with Crippen molar-refractivity contribution in [3.8, 4) is 0 Å². The molecule has 116 valence electrons. The molecule has 0 unspecified atom stereocenters. The summed E-state index contributed by atoms with van der Waals surface area (Å²) in [5.41, 5.74) is 1.77. The first kappa shape index (κ1) is 15.4. The van der Waals surface area contributed by atoms with Gasteiger partial charge in [0.2, 0.25) is 0 Å². The van der Waals surface area contributed by atoms with Crippen molar-refractivity contribution in [1.82, 2.24) is 9.88 Å². The van der Waals surface area contributed by atoms with Crippen molar-refractivity contribution >= 4 is 17.2 Å². The summed E-state index contributed by atoms with van der Waals surface area (Å²) in [4.78, 5) is 20.2. The van der Waals surface area contributed by atoms with E-state index >= 15 is 0 Å². The molecular weight excluding hydrogens is 304 g/mol. The van der Waals surface area contributed by atoms with Crippen LogP contribution in [0.15, 0.2) is 72.4 Å². The Bertz CT molecular complexity index is 727. The summed E-state index contributed by atoms with van der Waals surface area (Å²) < 4.78 is 0. The lowest BCUT2D eigenvalue weighted by molar-refractivity contribution is 0.0745. The van der Waals surface area contributed by atoms with E-state index in [1.54, 1.807) is 17.5 Å². The molecule has 2 heterocycles. The predicted molar refractivity (Wildman–Crippen MR) is 93.4 cm³/mol. The maximum atomic E-state index is 12.8. The first-order valence-electron chi connectivity index (χ1n) is 7.58. The van der Waals surface area contributed by atoms with Gasteiger partial charge < -0.3 is 4.90 Å². The highest BCUT2D eigenvalue weighted by Gasteiger charge is 2.16. The fourth-order valence-corrected chi connectivity index (χ4v) is 3.13. The molecule has 0 saturated heterocycles. The lowest BCUT2D eigenvalue weighted by Crippen LogP contribution is -2.32. The van der Waals surface area contributed by atoms with Gasteiger partial charge in [-0.15, -0.1) is 11.3 Å². The molecular formula is C19H18N2OS. The van der Waals surface area contributed by atoms with Crippen molar-refractivity contribution < 1.29 is 4.79 Å². The number of pyridine rings is 1. The zero-order valence-corrected chi connectivity index (χ0v) is 13.6. The smallest absolute Gasteiger partial charge is 0.254 e. The second kappa shape index (κ2) is 7.70. The van der Waals surface area contributed by atoms with Gasteiger partial charge in [-0.05, 0) is 41.6 Å². The van der Waals surface area contributed by atoms with E-state index in [1.165, 1.54) is 4.88 Å². The predicted octanol–water partition coefficient (Wildman–Crippen LogP) is 4.03. The molecule has 23 heavy (non-hydrogen) atoms. The number of carbonyl (C=O) groups is 1. The summed E-state index contributed by atoms with van der Waals surface area (Å²) in [6.45, 7) is 1.27. The molecule has 0 saturated carbocycles. The van der Waals surface area contributed by atoms with Crippen LogP contribution in [0.3, 0.4) is 0 Å². The highest BCUT2D eigenvalue weighted by molar-refractivity contribution is 7.09. The van der Waals surface area contributed by atoms with Crippen LogP contribution in [0.25, 0.3) is 0 Å². The number of carbonyl (C=O) groups excluding carboxylic acids is 1. The maximum absolute atomic E-state index is 12.8. The quantitative estimate of drug-likeness (QED) is 0.686. The fourth-order valence-electron chi connectivity index (χ4n) is 2.43. The Kier molecular flexibility index (Phi) is 5.17. The van der Waals surface area contributed by atoms with Gasteiger partial charge in [0.25, 0.3) is 5.91 Å². The largest absolute Gasteiger partial charge is 0.334 e. The zero-order valence-electron chi connectivity index (χ0n) is 12.8. The minimum atomic E-state index is 0.0611. The topological polar surface area (TPSA) is 33.2 Å². The van der Waals surface area contributed by atoms with Gasteiger partial charge in [0.05, 0.1) is 0 Å². The second-order valence-electron chi connectivity index (χ2n) is 5.28. The van der Waals surface area contributed by atoms with Crippen LogP contribution < -0.4 is 0 Å². The highest BCUT2D eigenvalue weighted by Crippen LogP contribution is 2.14. The van der Waals surface area contributed by atoms with Crippen molar-refractivity contribution in [2.45, 2.75) is 13.0 Å². The Morgan fingerprint density at radius 2 is 1.91 bits per heavy atom. The molecule has 4 heteroatoms. The van der Waals surface area contributed by atoms with Gasteiger partial charge in [-0.3, -0.25) is 9.78 Å². The van der Waals surface area contributed by atoms with E-state index < -0.39 is 0 Å². The summed E-state index contributed by atoms with van der Waals surface area (Å²) in [5, 5.41) is 2.07. The minimum Gasteiger partial charge on any atom is -0.334 e. The average Bonchev–Trinajstić information content (AvgIpc) is 3.13. The number of amides is 1. The molecule has 0 aliphatic carbocycles. The van der Waals surface area contributed by atoms with Crippen LogP contribution in [0.2, 0.25) is 0 Å². The number of hydrogen-bond acceptors (Lipinski definition) is 3. The number of nitrogens with zero attached hydrogens (tertiary/aromatic N) is 2. The molecule has 0 aliphatic rings. The standard InChI is InChI=1S/C19H18N2OS/c22-19(17-7-2-1-3-8-17)21(12-10-18-9-5-13-23-18)15-16-6-4-11-20-14-16/h1-9,11,13-14H,10,12,15H2. The van der Waals surface area contributed by atoms with Gasteiger partial charge in [0, 0.05) is 35.9 Å². The number of thiophene rings is 1. The van der Waals surface area contributed by atoms with Crippen LogP contribution in [0, 0.1) is 0 Å². The van der Waals surface area contributed by atoms with Crippen molar-refractivity contribution in [2.75, 3.05) is 6.54 Å². The summed E-state index contributed by atoms with van der Waals surface area (Å²) in [6.07, 6.45) is 4.44. The lowest BCUT2D eigenvalue weighted by atomic mass is 10.1. The molecule has 0 bridgehead atoms. The summed E-state index contributed by atoms with van der Waals surface area (Å²) in [7, 11) is 0. The average molecular weight is 322 g/mol. The zero-order chi connectivity index (χ0) is 15.9. The van der Waals surface area contributed by atoms with Crippen molar-refractivity contribution in [1.29, 1.82) is 0 Å². The third-order valence-electron chi connectivity index (χ3n) is 3.61. The van der Waals surface area contributed by atoms with Gasteiger partial charge in [-0.2, -0.15) is 0 Å². The first-order chi connectivity index (χ1) is 11.3. The van der Waals surface area contributed by atoms with E-state index in [4.69, 9.17) is 0 Å². The number of rotatable bonds is 6.